The first-order valence-corrected chi connectivity index (χ1v) is 10.6. The summed E-state index contributed by atoms with van der Waals surface area (Å²) in [5, 5.41) is 16.0. The number of aliphatic hydroxyl groups is 1. The van der Waals surface area contributed by atoms with Gasteiger partial charge in [-0.1, -0.05) is 30.3 Å². The van der Waals surface area contributed by atoms with Crippen LogP contribution in [0.2, 0.25) is 0 Å². The van der Waals surface area contributed by atoms with E-state index >= 15 is 0 Å². The van der Waals surface area contributed by atoms with E-state index in [1.54, 1.807) is 4.90 Å². The van der Waals surface area contributed by atoms with E-state index in [9.17, 15) is 9.90 Å². The summed E-state index contributed by atoms with van der Waals surface area (Å²) in [6.07, 6.45) is -0.649. The normalized spacial score (nSPS) is 14.7. The van der Waals surface area contributed by atoms with E-state index in [4.69, 9.17) is 14.2 Å². The van der Waals surface area contributed by atoms with Gasteiger partial charge in [0.15, 0.2) is 0 Å². The van der Waals surface area contributed by atoms with Crippen molar-refractivity contribution in [1.82, 2.24) is 15.5 Å². The Kier molecular flexibility index (Phi) is 9.43. The summed E-state index contributed by atoms with van der Waals surface area (Å²) in [5.74, 6) is 1.43. The molecule has 0 radical (unpaired) electrons. The van der Waals surface area contributed by atoms with Crippen molar-refractivity contribution in [2.24, 2.45) is 0 Å². The Morgan fingerprint density at radius 2 is 1.68 bits per heavy atom. The highest BCUT2D eigenvalue weighted by atomic mass is 16.5. The van der Waals surface area contributed by atoms with Gasteiger partial charge in [0, 0.05) is 32.7 Å². The number of urea groups is 1. The minimum atomic E-state index is -0.649. The Balaban J connectivity index is 1.24. The number of ether oxygens (including phenoxy) is 3. The van der Waals surface area contributed by atoms with Crippen LogP contribution < -0.4 is 20.1 Å². The number of rotatable bonds is 11. The molecule has 0 aliphatic carbocycles. The molecule has 1 aliphatic heterocycles. The van der Waals surface area contributed by atoms with Crippen LogP contribution in [0.5, 0.6) is 11.5 Å². The summed E-state index contributed by atoms with van der Waals surface area (Å²) in [7, 11) is 0. The highest BCUT2D eigenvalue weighted by molar-refractivity contribution is 5.74. The zero-order chi connectivity index (χ0) is 21.7. The van der Waals surface area contributed by atoms with Crippen LogP contribution in [0, 0.1) is 0 Å². The Morgan fingerprint density at radius 3 is 2.39 bits per heavy atom. The largest absolute Gasteiger partial charge is 0.491 e. The van der Waals surface area contributed by atoms with Crippen LogP contribution in [0.4, 0.5) is 4.79 Å². The zero-order valence-corrected chi connectivity index (χ0v) is 17.7. The molecular weight excluding hydrogens is 398 g/mol. The fraction of sp³-hybridized carbons (Fsp3) is 0.435. The van der Waals surface area contributed by atoms with Gasteiger partial charge in [-0.15, -0.1) is 0 Å². The van der Waals surface area contributed by atoms with Gasteiger partial charge in [-0.3, -0.25) is 0 Å². The first-order valence-electron chi connectivity index (χ1n) is 10.6. The van der Waals surface area contributed by atoms with Crippen LogP contribution in [0.1, 0.15) is 5.56 Å². The molecule has 1 fully saturated rings. The van der Waals surface area contributed by atoms with Gasteiger partial charge in [-0.25, -0.2) is 4.79 Å². The zero-order valence-electron chi connectivity index (χ0n) is 17.7. The first kappa shape index (κ1) is 22.9. The molecular formula is C23H31N3O5. The van der Waals surface area contributed by atoms with Crippen molar-refractivity contribution in [3.63, 3.8) is 0 Å². The van der Waals surface area contributed by atoms with Crippen molar-refractivity contribution in [2.45, 2.75) is 12.7 Å². The highest BCUT2D eigenvalue weighted by Crippen LogP contribution is 2.18. The van der Waals surface area contributed by atoms with E-state index in [1.165, 1.54) is 0 Å². The number of hydrogen-bond acceptors (Lipinski definition) is 6. The maximum atomic E-state index is 11.9. The van der Waals surface area contributed by atoms with Crippen molar-refractivity contribution < 1.29 is 24.1 Å². The van der Waals surface area contributed by atoms with Gasteiger partial charge in [0.2, 0.25) is 0 Å². The van der Waals surface area contributed by atoms with E-state index in [2.05, 4.69) is 10.6 Å². The molecule has 0 saturated carbocycles. The molecule has 1 heterocycles. The number of carbonyl (C=O) groups is 1. The average Bonchev–Trinajstić information content (AvgIpc) is 2.83. The van der Waals surface area contributed by atoms with Crippen molar-refractivity contribution in [1.29, 1.82) is 0 Å². The molecule has 2 aromatic carbocycles. The monoisotopic (exact) mass is 429 g/mol. The minimum absolute atomic E-state index is 0.0785. The first-order chi connectivity index (χ1) is 15.2. The molecule has 8 heteroatoms. The summed E-state index contributed by atoms with van der Waals surface area (Å²) in [4.78, 5) is 13.7. The van der Waals surface area contributed by atoms with Gasteiger partial charge < -0.3 is 34.9 Å². The molecule has 1 unspecified atom stereocenters. The molecule has 2 amide bonds. The number of hydrogen-bond donors (Lipinski definition) is 3. The average molecular weight is 430 g/mol. The summed E-state index contributed by atoms with van der Waals surface area (Å²) < 4.78 is 16.6. The van der Waals surface area contributed by atoms with Gasteiger partial charge in [0.05, 0.1) is 13.2 Å². The van der Waals surface area contributed by atoms with Gasteiger partial charge in [0.25, 0.3) is 0 Å². The third-order valence-corrected chi connectivity index (χ3v) is 4.77. The summed E-state index contributed by atoms with van der Waals surface area (Å²) in [5.41, 5.74) is 1.11. The Bertz CT molecular complexity index is 767. The van der Waals surface area contributed by atoms with Crippen LogP contribution in [0.15, 0.2) is 54.6 Å². The number of nitrogens with zero attached hydrogens (tertiary/aromatic N) is 1. The van der Waals surface area contributed by atoms with E-state index in [1.807, 2.05) is 54.6 Å². The van der Waals surface area contributed by atoms with E-state index in [0.29, 0.717) is 58.3 Å². The molecule has 3 N–H and O–H groups in total. The Hall–Kier alpha value is -2.81. The molecule has 1 saturated heterocycles. The predicted molar refractivity (Wildman–Crippen MR) is 117 cm³/mol. The lowest BCUT2D eigenvalue weighted by Gasteiger charge is -2.27. The molecule has 31 heavy (non-hydrogen) atoms. The van der Waals surface area contributed by atoms with Crippen molar-refractivity contribution >= 4 is 6.03 Å². The van der Waals surface area contributed by atoms with Crippen LogP contribution in [0.3, 0.4) is 0 Å². The van der Waals surface area contributed by atoms with E-state index in [0.717, 1.165) is 11.3 Å². The predicted octanol–water partition coefficient (Wildman–Crippen LogP) is 1.64. The smallest absolute Gasteiger partial charge is 0.317 e. The lowest BCUT2D eigenvalue weighted by molar-refractivity contribution is 0.0532. The second-order valence-electron chi connectivity index (χ2n) is 7.25. The minimum Gasteiger partial charge on any atom is -0.491 e. The Labute approximate surface area is 183 Å². The second-order valence-corrected chi connectivity index (χ2v) is 7.25. The number of morpholine rings is 1. The van der Waals surface area contributed by atoms with Gasteiger partial charge in [0.1, 0.15) is 30.8 Å². The third-order valence-electron chi connectivity index (χ3n) is 4.77. The Morgan fingerprint density at radius 1 is 1.00 bits per heavy atom. The molecule has 0 bridgehead atoms. The molecule has 1 atom stereocenters. The number of nitrogens with one attached hydrogen (secondary N) is 2. The lowest BCUT2D eigenvalue weighted by Crippen LogP contribution is -2.47. The molecule has 8 nitrogen and oxygen atoms in total. The molecule has 0 aromatic heterocycles. The van der Waals surface area contributed by atoms with Crippen LogP contribution in [-0.4, -0.2) is 74.7 Å². The SMILES string of the molecule is O=C(NCCNCC(O)COc1ccc(OCc2ccccc2)cc1)N1CCOCC1. The molecule has 1 aliphatic rings. The van der Waals surface area contributed by atoms with Gasteiger partial charge >= 0.3 is 6.03 Å². The van der Waals surface area contributed by atoms with Crippen molar-refractivity contribution in [3.05, 3.63) is 60.2 Å². The van der Waals surface area contributed by atoms with Crippen molar-refractivity contribution in [2.75, 3.05) is 52.5 Å². The standard InChI is InChI=1S/C23H31N3O5/c27-20(16-24-10-11-25-23(28)26-12-14-29-15-13-26)18-31-22-8-6-21(7-9-22)30-17-19-4-2-1-3-5-19/h1-9,20,24,27H,10-18H2,(H,25,28). The number of benzene rings is 2. The van der Waals surface area contributed by atoms with Gasteiger partial charge in [-0.05, 0) is 29.8 Å². The molecule has 168 valence electrons. The lowest BCUT2D eigenvalue weighted by atomic mass is 10.2. The highest BCUT2D eigenvalue weighted by Gasteiger charge is 2.15. The number of aliphatic hydroxyl groups excluding tert-OH is 1. The third kappa shape index (κ3) is 8.45. The number of carbonyl (C=O) groups excluding carboxylic acids is 1. The van der Waals surface area contributed by atoms with Crippen LogP contribution >= 0.6 is 0 Å². The van der Waals surface area contributed by atoms with Crippen molar-refractivity contribution in [3.8, 4) is 11.5 Å². The molecule has 3 rings (SSSR count). The van der Waals surface area contributed by atoms with Crippen LogP contribution in [-0.2, 0) is 11.3 Å². The summed E-state index contributed by atoms with van der Waals surface area (Å²) >= 11 is 0. The van der Waals surface area contributed by atoms with E-state index in [-0.39, 0.29) is 12.6 Å². The molecule has 0 spiro atoms. The van der Waals surface area contributed by atoms with E-state index < -0.39 is 6.10 Å². The topological polar surface area (TPSA) is 92.3 Å². The van der Waals surface area contributed by atoms with Crippen LogP contribution in [0.25, 0.3) is 0 Å². The summed E-state index contributed by atoms with van der Waals surface area (Å²) in [6.45, 7) is 4.55. The fourth-order valence-corrected chi connectivity index (χ4v) is 3.03. The maximum absolute atomic E-state index is 11.9. The molecule has 2 aromatic rings. The maximum Gasteiger partial charge on any atom is 0.317 e. The summed E-state index contributed by atoms with van der Waals surface area (Å²) in [6, 6.07) is 17.2. The fourth-order valence-electron chi connectivity index (χ4n) is 3.03. The van der Waals surface area contributed by atoms with Gasteiger partial charge in [-0.2, -0.15) is 0 Å². The number of amides is 2. The second kappa shape index (κ2) is 12.8. The quantitative estimate of drug-likeness (QED) is 0.471.